The molecule has 0 saturated carbocycles. The fourth-order valence-corrected chi connectivity index (χ4v) is 1.96. The summed E-state index contributed by atoms with van der Waals surface area (Å²) in [5.74, 6) is 0.859. The Kier molecular flexibility index (Phi) is 3.25. The Morgan fingerprint density at radius 3 is 2.69 bits per heavy atom. The Morgan fingerprint density at radius 2 is 2.06 bits per heavy atom. The summed E-state index contributed by atoms with van der Waals surface area (Å²) in [4.78, 5) is 0. The summed E-state index contributed by atoms with van der Waals surface area (Å²) < 4.78 is 1.92. The van der Waals surface area contributed by atoms with Crippen molar-refractivity contribution in [2.24, 2.45) is 0 Å². The van der Waals surface area contributed by atoms with Gasteiger partial charge < -0.3 is 4.57 Å². The minimum Gasteiger partial charge on any atom is -0.302 e. The Bertz CT molecular complexity index is 471. The van der Waals surface area contributed by atoms with E-state index < -0.39 is 0 Å². The molecular weight excluding hydrogens is 222 g/mol. The number of hydrogen-bond acceptors (Lipinski definition) is 2. The molecule has 0 radical (unpaired) electrons. The third-order valence-electron chi connectivity index (χ3n) is 2.60. The lowest BCUT2D eigenvalue weighted by Gasteiger charge is -2.05. The second kappa shape index (κ2) is 4.66. The van der Waals surface area contributed by atoms with Crippen LogP contribution in [-0.4, -0.2) is 14.8 Å². The van der Waals surface area contributed by atoms with Crippen molar-refractivity contribution in [2.75, 3.05) is 0 Å². The maximum Gasteiger partial charge on any atom is 0.225 e. The van der Waals surface area contributed by atoms with Gasteiger partial charge in [-0.3, -0.25) is 0 Å². The number of aryl methyl sites for hydroxylation is 3. The number of hydrogen-bond donors (Lipinski definition) is 0. The quantitative estimate of drug-likeness (QED) is 0.819. The standard InChI is InChI=1S/C12H14ClN3/c1-9-4-3-5-11(8-9)6-7-16-10(2)14-15-12(16)13/h3-5,8H,6-7H2,1-2H3. The van der Waals surface area contributed by atoms with Crippen LogP contribution in [0.25, 0.3) is 0 Å². The Labute approximate surface area is 100 Å². The third kappa shape index (κ3) is 2.42. The van der Waals surface area contributed by atoms with Crippen molar-refractivity contribution >= 4 is 11.6 Å². The zero-order valence-corrected chi connectivity index (χ0v) is 10.2. The molecule has 1 aromatic carbocycles. The second-order valence-electron chi connectivity index (χ2n) is 3.91. The summed E-state index contributed by atoms with van der Waals surface area (Å²) in [6.45, 7) is 4.83. The van der Waals surface area contributed by atoms with Gasteiger partial charge in [0.1, 0.15) is 5.82 Å². The van der Waals surface area contributed by atoms with Gasteiger partial charge in [0, 0.05) is 6.54 Å². The first-order valence-corrected chi connectivity index (χ1v) is 5.65. The lowest BCUT2D eigenvalue weighted by atomic mass is 10.1. The topological polar surface area (TPSA) is 30.7 Å². The number of rotatable bonds is 3. The highest BCUT2D eigenvalue weighted by atomic mass is 35.5. The summed E-state index contributed by atoms with van der Waals surface area (Å²) in [6.07, 6.45) is 0.945. The maximum atomic E-state index is 5.93. The molecule has 0 unspecified atom stereocenters. The van der Waals surface area contributed by atoms with E-state index in [2.05, 4.69) is 41.4 Å². The molecule has 0 aliphatic heterocycles. The predicted octanol–water partition coefficient (Wildman–Crippen LogP) is 2.79. The van der Waals surface area contributed by atoms with Crippen LogP contribution in [0, 0.1) is 13.8 Å². The summed E-state index contributed by atoms with van der Waals surface area (Å²) in [7, 11) is 0. The molecule has 0 spiro atoms. The van der Waals surface area contributed by atoms with Crippen LogP contribution < -0.4 is 0 Å². The van der Waals surface area contributed by atoms with E-state index in [-0.39, 0.29) is 0 Å². The van der Waals surface area contributed by atoms with Crippen molar-refractivity contribution in [2.45, 2.75) is 26.8 Å². The van der Waals surface area contributed by atoms with Crippen molar-refractivity contribution in [3.8, 4) is 0 Å². The molecule has 0 bridgehead atoms. The van der Waals surface area contributed by atoms with E-state index >= 15 is 0 Å². The van der Waals surface area contributed by atoms with Crippen LogP contribution >= 0.6 is 11.6 Å². The molecule has 0 N–H and O–H groups in total. The van der Waals surface area contributed by atoms with Crippen molar-refractivity contribution in [1.82, 2.24) is 14.8 Å². The minimum atomic E-state index is 0.463. The van der Waals surface area contributed by atoms with Gasteiger partial charge in [-0.2, -0.15) is 0 Å². The monoisotopic (exact) mass is 235 g/mol. The molecule has 0 aliphatic rings. The van der Waals surface area contributed by atoms with E-state index in [4.69, 9.17) is 11.6 Å². The van der Waals surface area contributed by atoms with E-state index in [9.17, 15) is 0 Å². The van der Waals surface area contributed by atoms with Gasteiger partial charge in [0.15, 0.2) is 0 Å². The van der Waals surface area contributed by atoms with Crippen molar-refractivity contribution in [3.05, 3.63) is 46.5 Å². The average Bonchev–Trinajstić information content (AvgIpc) is 2.56. The molecule has 1 aromatic heterocycles. The molecule has 0 saturated heterocycles. The number of aromatic nitrogens is 3. The van der Waals surface area contributed by atoms with Crippen LogP contribution in [0.4, 0.5) is 0 Å². The van der Waals surface area contributed by atoms with Crippen LogP contribution in [0.15, 0.2) is 24.3 Å². The van der Waals surface area contributed by atoms with Gasteiger partial charge in [-0.25, -0.2) is 0 Å². The maximum absolute atomic E-state index is 5.93. The largest absolute Gasteiger partial charge is 0.302 e. The highest BCUT2D eigenvalue weighted by molar-refractivity contribution is 6.28. The van der Waals surface area contributed by atoms with Crippen molar-refractivity contribution in [1.29, 1.82) is 0 Å². The van der Waals surface area contributed by atoms with Crippen molar-refractivity contribution in [3.63, 3.8) is 0 Å². The fourth-order valence-electron chi connectivity index (χ4n) is 1.72. The highest BCUT2D eigenvalue weighted by Crippen LogP contribution is 2.10. The molecule has 3 nitrogen and oxygen atoms in total. The van der Waals surface area contributed by atoms with Crippen LogP contribution in [0.3, 0.4) is 0 Å². The van der Waals surface area contributed by atoms with Gasteiger partial charge in [-0.05, 0) is 37.4 Å². The summed E-state index contributed by atoms with van der Waals surface area (Å²) in [6, 6.07) is 8.49. The highest BCUT2D eigenvalue weighted by Gasteiger charge is 2.05. The molecule has 0 aliphatic carbocycles. The van der Waals surface area contributed by atoms with E-state index in [0.29, 0.717) is 5.28 Å². The molecule has 2 rings (SSSR count). The van der Waals surface area contributed by atoms with Crippen LogP contribution in [0.5, 0.6) is 0 Å². The van der Waals surface area contributed by atoms with E-state index in [1.165, 1.54) is 11.1 Å². The Balaban J connectivity index is 2.08. The molecule has 16 heavy (non-hydrogen) atoms. The smallest absolute Gasteiger partial charge is 0.225 e. The van der Waals surface area contributed by atoms with Gasteiger partial charge in [-0.1, -0.05) is 29.8 Å². The Morgan fingerprint density at radius 1 is 1.25 bits per heavy atom. The SMILES string of the molecule is Cc1cccc(CCn2c(C)nnc2Cl)c1. The summed E-state index contributed by atoms with van der Waals surface area (Å²) in [5.41, 5.74) is 2.59. The number of halogens is 1. The van der Waals surface area contributed by atoms with Gasteiger partial charge in [-0.15, -0.1) is 10.2 Å². The normalized spacial score (nSPS) is 10.7. The Hall–Kier alpha value is -1.35. The van der Waals surface area contributed by atoms with Crippen molar-refractivity contribution < 1.29 is 0 Å². The molecular formula is C12H14ClN3. The van der Waals surface area contributed by atoms with Gasteiger partial charge in [0.2, 0.25) is 5.28 Å². The number of benzene rings is 1. The zero-order chi connectivity index (χ0) is 11.5. The van der Waals surface area contributed by atoms with Crippen LogP contribution in [0.1, 0.15) is 17.0 Å². The summed E-state index contributed by atoms with van der Waals surface area (Å²) >= 11 is 5.93. The molecule has 0 fully saturated rings. The molecule has 1 heterocycles. The van der Waals surface area contributed by atoms with Crippen LogP contribution in [-0.2, 0) is 13.0 Å². The average molecular weight is 236 g/mol. The summed E-state index contributed by atoms with van der Waals surface area (Å²) in [5, 5.41) is 8.21. The van der Waals surface area contributed by atoms with E-state index in [1.54, 1.807) is 0 Å². The predicted molar refractivity (Wildman–Crippen MR) is 64.7 cm³/mol. The minimum absolute atomic E-state index is 0.463. The van der Waals surface area contributed by atoms with Gasteiger partial charge in [0.25, 0.3) is 0 Å². The first-order chi connectivity index (χ1) is 7.66. The van der Waals surface area contributed by atoms with Gasteiger partial charge >= 0.3 is 0 Å². The first kappa shape index (κ1) is 11.1. The molecule has 0 atom stereocenters. The zero-order valence-electron chi connectivity index (χ0n) is 9.44. The lowest BCUT2D eigenvalue weighted by Crippen LogP contribution is -2.03. The fraction of sp³-hybridized carbons (Fsp3) is 0.333. The first-order valence-electron chi connectivity index (χ1n) is 5.27. The number of nitrogens with zero attached hydrogens (tertiary/aromatic N) is 3. The lowest BCUT2D eigenvalue weighted by molar-refractivity contribution is 0.673. The third-order valence-corrected chi connectivity index (χ3v) is 2.88. The van der Waals surface area contributed by atoms with E-state index in [0.717, 1.165) is 18.8 Å². The van der Waals surface area contributed by atoms with Gasteiger partial charge in [0.05, 0.1) is 0 Å². The second-order valence-corrected chi connectivity index (χ2v) is 4.24. The molecule has 2 aromatic rings. The van der Waals surface area contributed by atoms with E-state index in [1.807, 2.05) is 11.5 Å². The molecule has 4 heteroatoms. The molecule has 84 valence electrons. The molecule has 0 amide bonds. The van der Waals surface area contributed by atoms with Crippen LogP contribution in [0.2, 0.25) is 5.28 Å².